The monoisotopic (exact) mass is 472 g/mol. The Balaban J connectivity index is 1.69. The van der Waals surface area contributed by atoms with Crippen molar-refractivity contribution in [2.45, 2.75) is 6.92 Å². The third-order valence-corrected chi connectivity index (χ3v) is 6.09. The Hall–Kier alpha value is -4.49. The Labute approximate surface area is 199 Å². The van der Waals surface area contributed by atoms with Crippen LogP contribution in [-0.2, 0) is 11.8 Å². The number of thiazole rings is 1. The van der Waals surface area contributed by atoms with Crippen LogP contribution in [0.5, 0.6) is 0 Å². The number of anilines is 1. The summed E-state index contributed by atoms with van der Waals surface area (Å²) in [6.07, 6.45) is 0. The molecule has 4 rings (SSSR count). The van der Waals surface area contributed by atoms with Gasteiger partial charge in [-0.2, -0.15) is 10.4 Å². The summed E-state index contributed by atoms with van der Waals surface area (Å²) in [7, 11) is 3.10. The molecule has 0 saturated heterocycles. The van der Waals surface area contributed by atoms with Crippen LogP contribution in [0.4, 0.5) is 5.69 Å². The Bertz CT molecular complexity index is 1490. The first kappa shape index (κ1) is 22.7. The standard InChI is InChI=1S/C24H20N6O3S/c1-15-21(23(31)30(29(15)2)16-9-5-4-6-10-16)20-14-34-22(26-20)19(13-25)28-27-18-12-8-7-11-17(18)24(32)33-3/h4-12,14,27H,1-3H3/b28-19+. The van der Waals surface area contributed by atoms with Gasteiger partial charge in [-0.05, 0) is 31.2 Å². The highest BCUT2D eigenvalue weighted by atomic mass is 32.1. The number of nitriles is 1. The van der Waals surface area contributed by atoms with Crippen molar-refractivity contribution in [3.05, 3.63) is 86.6 Å². The minimum Gasteiger partial charge on any atom is -0.465 e. The first-order valence-electron chi connectivity index (χ1n) is 10.2. The van der Waals surface area contributed by atoms with Gasteiger partial charge >= 0.3 is 5.97 Å². The number of carbonyl (C=O) groups is 1. The summed E-state index contributed by atoms with van der Waals surface area (Å²) in [5.74, 6) is -0.525. The number of aromatic nitrogens is 3. The molecule has 0 aliphatic rings. The third kappa shape index (κ3) is 4.12. The zero-order valence-electron chi connectivity index (χ0n) is 18.6. The molecule has 0 spiro atoms. The van der Waals surface area contributed by atoms with Gasteiger partial charge in [0.15, 0.2) is 10.7 Å². The average molecular weight is 473 g/mol. The largest absolute Gasteiger partial charge is 0.465 e. The van der Waals surface area contributed by atoms with Crippen LogP contribution in [-0.4, -0.2) is 33.1 Å². The van der Waals surface area contributed by atoms with Gasteiger partial charge in [0, 0.05) is 18.1 Å². The molecule has 0 atom stereocenters. The van der Waals surface area contributed by atoms with E-state index in [1.807, 2.05) is 50.4 Å². The lowest BCUT2D eigenvalue weighted by Gasteiger charge is -2.07. The number of nitrogens with one attached hydrogen (secondary N) is 1. The molecule has 0 saturated carbocycles. The molecule has 0 fully saturated rings. The number of hydrogen-bond donors (Lipinski definition) is 1. The van der Waals surface area contributed by atoms with Crippen LogP contribution < -0.4 is 11.0 Å². The van der Waals surface area contributed by atoms with Gasteiger partial charge in [-0.1, -0.05) is 30.3 Å². The van der Waals surface area contributed by atoms with Crippen molar-refractivity contribution in [2.75, 3.05) is 12.5 Å². The van der Waals surface area contributed by atoms with Gasteiger partial charge in [-0.25, -0.2) is 14.5 Å². The van der Waals surface area contributed by atoms with E-state index in [1.54, 1.807) is 39.0 Å². The second kappa shape index (κ2) is 9.56. The van der Waals surface area contributed by atoms with Gasteiger partial charge in [0.25, 0.3) is 5.56 Å². The van der Waals surface area contributed by atoms with Crippen molar-refractivity contribution in [3.63, 3.8) is 0 Å². The molecule has 0 aliphatic carbocycles. The second-order valence-electron chi connectivity index (χ2n) is 7.20. The molecule has 0 unspecified atom stereocenters. The van der Waals surface area contributed by atoms with Gasteiger partial charge in [0.1, 0.15) is 6.07 Å². The van der Waals surface area contributed by atoms with Crippen molar-refractivity contribution in [1.82, 2.24) is 14.3 Å². The van der Waals surface area contributed by atoms with Crippen molar-refractivity contribution in [1.29, 1.82) is 5.26 Å². The number of para-hydroxylation sites is 2. The Kier molecular flexibility index (Phi) is 6.38. The van der Waals surface area contributed by atoms with E-state index in [4.69, 9.17) is 4.74 Å². The van der Waals surface area contributed by atoms with E-state index in [1.165, 1.54) is 18.4 Å². The summed E-state index contributed by atoms with van der Waals surface area (Å²) < 4.78 is 8.13. The molecule has 4 aromatic rings. The molecule has 2 heterocycles. The maximum atomic E-state index is 13.3. The van der Waals surface area contributed by atoms with Gasteiger partial charge < -0.3 is 4.74 Å². The molecule has 170 valence electrons. The summed E-state index contributed by atoms with van der Waals surface area (Å²) in [5, 5.41) is 15.9. The van der Waals surface area contributed by atoms with Crippen LogP contribution in [0.3, 0.4) is 0 Å². The molecule has 1 N–H and O–H groups in total. The van der Waals surface area contributed by atoms with Gasteiger partial charge in [0.05, 0.1) is 35.3 Å². The number of esters is 1. The minimum absolute atomic E-state index is 0.0212. The fourth-order valence-electron chi connectivity index (χ4n) is 3.47. The van der Waals surface area contributed by atoms with Crippen molar-refractivity contribution in [3.8, 4) is 23.0 Å². The molecular weight excluding hydrogens is 452 g/mol. The number of hydrogen-bond acceptors (Lipinski definition) is 8. The van der Waals surface area contributed by atoms with E-state index in [0.29, 0.717) is 22.0 Å². The van der Waals surface area contributed by atoms with Crippen LogP contribution in [0.2, 0.25) is 0 Å². The summed E-state index contributed by atoms with van der Waals surface area (Å²) >= 11 is 1.20. The number of methoxy groups -OCH3 is 1. The molecule has 9 nitrogen and oxygen atoms in total. The number of benzene rings is 2. The lowest BCUT2D eigenvalue weighted by atomic mass is 10.2. The number of hydrazone groups is 1. The van der Waals surface area contributed by atoms with Crippen molar-refractivity contribution in [2.24, 2.45) is 12.1 Å². The molecule has 0 radical (unpaired) electrons. The topological polar surface area (TPSA) is 114 Å². The van der Waals surface area contributed by atoms with E-state index in [-0.39, 0.29) is 16.8 Å². The number of ether oxygens (including phenoxy) is 1. The van der Waals surface area contributed by atoms with E-state index in [0.717, 1.165) is 11.4 Å². The molecule has 2 aromatic heterocycles. The number of carbonyl (C=O) groups excluding carboxylic acids is 1. The number of rotatable bonds is 6. The average Bonchev–Trinajstić information content (AvgIpc) is 3.42. The highest BCUT2D eigenvalue weighted by Gasteiger charge is 2.21. The predicted octanol–water partition coefficient (Wildman–Crippen LogP) is 3.73. The molecule has 0 bridgehead atoms. The highest BCUT2D eigenvalue weighted by molar-refractivity contribution is 7.12. The molecule has 0 amide bonds. The molecule has 2 aromatic carbocycles. The quantitative estimate of drug-likeness (QED) is 0.260. The lowest BCUT2D eigenvalue weighted by Crippen LogP contribution is -2.20. The summed E-state index contributed by atoms with van der Waals surface area (Å²) in [4.78, 5) is 29.7. The van der Waals surface area contributed by atoms with Crippen molar-refractivity contribution >= 4 is 28.7 Å². The fraction of sp³-hybridized carbons (Fsp3) is 0.125. The van der Waals surface area contributed by atoms with E-state index < -0.39 is 5.97 Å². The maximum Gasteiger partial charge on any atom is 0.340 e. The Morgan fingerprint density at radius 1 is 1.18 bits per heavy atom. The van der Waals surface area contributed by atoms with Gasteiger partial charge in [-0.15, -0.1) is 11.3 Å². The van der Waals surface area contributed by atoms with E-state index in [9.17, 15) is 14.9 Å². The van der Waals surface area contributed by atoms with Gasteiger partial charge in [0.2, 0.25) is 0 Å². The fourth-order valence-corrected chi connectivity index (χ4v) is 4.21. The number of nitrogens with zero attached hydrogens (tertiary/aromatic N) is 5. The van der Waals surface area contributed by atoms with Crippen LogP contribution in [0.1, 0.15) is 21.1 Å². The van der Waals surface area contributed by atoms with Crippen LogP contribution >= 0.6 is 11.3 Å². The van der Waals surface area contributed by atoms with E-state index >= 15 is 0 Å². The summed E-state index contributed by atoms with van der Waals surface area (Å²) in [6.45, 7) is 1.85. The lowest BCUT2D eigenvalue weighted by molar-refractivity contribution is 0.0602. The summed E-state index contributed by atoms with van der Waals surface area (Å²) in [5.41, 5.74) is 5.64. The summed E-state index contributed by atoms with van der Waals surface area (Å²) in [6, 6.07) is 18.0. The molecular formula is C24H20N6O3S. The predicted molar refractivity (Wildman–Crippen MR) is 130 cm³/mol. The zero-order valence-corrected chi connectivity index (χ0v) is 19.5. The molecule has 10 heteroatoms. The Morgan fingerprint density at radius 3 is 2.59 bits per heavy atom. The molecule has 34 heavy (non-hydrogen) atoms. The first-order chi connectivity index (χ1) is 16.5. The Morgan fingerprint density at radius 2 is 1.88 bits per heavy atom. The molecule has 0 aliphatic heterocycles. The van der Waals surface area contributed by atoms with Crippen LogP contribution in [0.25, 0.3) is 16.9 Å². The smallest absolute Gasteiger partial charge is 0.340 e. The van der Waals surface area contributed by atoms with Crippen LogP contribution in [0, 0.1) is 18.3 Å². The third-order valence-electron chi connectivity index (χ3n) is 5.24. The maximum absolute atomic E-state index is 13.3. The van der Waals surface area contributed by atoms with Gasteiger partial charge in [-0.3, -0.25) is 14.9 Å². The minimum atomic E-state index is -0.525. The van der Waals surface area contributed by atoms with E-state index in [2.05, 4.69) is 15.5 Å². The first-order valence-corrected chi connectivity index (χ1v) is 11.1. The normalized spacial score (nSPS) is 11.2. The SMILES string of the molecule is COC(=O)c1ccccc1N/N=C(\C#N)c1nc(-c2c(C)n(C)n(-c3ccccc3)c2=O)cs1. The second-order valence-corrected chi connectivity index (χ2v) is 8.05. The highest BCUT2D eigenvalue weighted by Crippen LogP contribution is 2.24. The van der Waals surface area contributed by atoms with Crippen molar-refractivity contribution < 1.29 is 9.53 Å². The zero-order chi connectivity index (χ0) is 24.2. The van der Waals surface area contributed by atoms with Crippen LogP contribution in [0.15, 0.2) is 69.9 Å².